The normalized spacial score (nSPS) is 12.1. The summed E-state index contributed by atoms with van der Waals surface area (Å²) in [6.45, 7) is 4.09. The summed E-state index contributed by atoms with van der Waals surface area (Å²) in [4.78, 5) is 14.4. The van der Waals surface area contributed by atoms with Gasteiger partial charge in [-0.25, -0.2) is 0 Å². The van der Waals surface area contributed by atoms with E-state index in [1.54, 1.807) is 0 Å². The van der Waals surface area contributed by atoms with Gasteiger partial charge in [-0.05, 0) is 25.0 Å². The molecular formula is C12H18N2OS2. The van der Waals surface area contributed by atoms with Crippen LogP contribution in [0, 0.1) is 0 Å². The molecule has 94 valence electrons. The van der Waals surface area contributed by atoms with Gasteiger partial charge in [-0.2, -0.15) is 0 Å². The molecule has 0 fully saturated rings. The van der Waals surface area contributed by atoms with E-state index >= 15 is 0 Å². The average Bonchev–Trinajstić information content (AvgIpc) is 2.75. The van der Waals surface area contributed by atoms with Gasteiger partial charge in [0.1, 0.15) is 0 Å². The first-order valence-corrected chi connectivity index (χ1v) is 6.97. The zero-order valence-electron chi connectivity index (χ0n) is 10.2. The predicted molar refractivity (Wildman–Crippen MR) is 76.6 cm³/mol. The molecule has 0 aliphatic heterocycles. The van der Waals surface area contributed by atoms with Crippen molar-refractivity contribution < 1.29 is 4.79 Å². The fourth-order valence-corrected chi connectivity index (χ4v) is 2.54. The highest BCUT2D eigenvalue weighted by Gasteiger charge is 2.14. The Morgan fingerprint density at radius 1 is 1.53 bits per heavy atom. The van der Waals surface area contributed by atoms with Crippen LogP contribution in [0.15, 0.2) is 12.1 Å². The fraction of sp³-hybridized carbons (Fsp3) is 0.500. The maximum atomic E-state index is 11.9. The van der Waals surface area contributed by atoms with Crippen molar-refractivity contribution in [2.75, 3.05) is 0 Å². The maximum absolute atomic E-state index is 11.9. The van der Waals surface area contributed by atoms with E-state index in [2.05, 4.69) is 12.2 Å². The number of hydrogen-bond acceptors (Lipinski definition) is 3. The van der Waals surface area contributed by atoms with Crippen LogP contribution in [0.3, 0.4) is 0 Å². The van der Waals surface area contributed by atoms with Crippen LogP contribution < -0.4 is 11.1 Å². The molecule has 5 heteroatoms. The van der Waals surface area contributed by atoms with Gasteiger partial charge in [0.25, 0.3) is 5.91 Å². The molecule has 17 heavy (non-hydrogen) atoms. The number of aryl methyl sites for hydroxylation is 1. The Labute approximate surface area is 111 Å². The number of nitrogens with two attached hydrogens (primary N) is 1. The van der Waals surface area contributed by atoms with Crippen molar-refractivity contribution in [3.05, 3.63) is 21.9 Å². The van der Waals surface area contributed by atoms with Gasteiger partial charge in [0.05, 0.1) is 9.87 Å². The molecule has 0 spiro atoms. The Bertz CT molecular complexity index is 401. The quantitative estimate of drug-likeness (QED) is 0.781. The van der Waals surface area contributed by atoms with Gasteiger partial charge in [-0.1, -0.05) is 26.1 Å². The Morgan fingerprint density at radius 3 is 2.71 bits per heavy atom. The van der Waals surface area contributed by atoms with Crippen molar-refractivity contribution in [3.8, 4) is 0 Å². The van der Waals surface area contributed by atoms with Crippen molar-refractivity contribution in [3.63, 3.8) is 0 Å². The zero-order chi connectivity index (χ0) is 12.8. The molecule has 1 aromatic heterocycles. The van der Waals surface area contributed by atoms with Crippen LogP contribution in [-0.4, -0.2) is 16.9 Å². The maximum Gasteiger partial charge on any atom is 0.261 e. The first-order chi connectivity index (χ1) is 8.06. The molecule has 1 rings (SSSR count). The monoisotopic (exact) mass is 270 g/mol. The lowest BCUT2D eigenvalue weighted by molar-refractivity contribution is 0.0941. The van der Waals surface area contributed by atoms with E-state index < -0.39 is 0 Å². The van der Waals surface area contributed by atoms with Gasteiger partial charge in [0.2, 0.25) is 0 Å². The van der Waals surface area contributed by atoms with Gasteiger partial charge >= 0.3 is 0 Å². The number of carbonyl (C=O) groups is 1. The Hall–Kier alpha value is -0.940. The molecule has 0 saturated heterocycles. The standard InChI is InChI=1S/C12H18N2OS2/c1-3-8(7-11(13)16)14-12(15)10-6-5-9(4-2)17-10/h5-6,8H,3-4,7H2,1-2H3,(H2,13,16)(H,14,15). The molecule has 3 N–H and O–H groups in total. The molecule has 0 aliphatic rings. The third-order valence-electron chi connectivity index (χ3n) is 2.51. The second-order valence-corrected chi connectivity index (χ2v) is 5.56. The van der Waals surface area contributed by atoms with Gasteiger partial charge in [0, 0.05) is 17.3 Å². The summed E-state index contributed by atoms with van der Waals surface area (Å²) in [6, 6.07) is 3.90. The van der Waals surface area contributed by atoms with Crippen molar-refractivity contribution >= 4 is 34.5 Å². The minimum atomic E-state index is -0.0298. The molecule has 0 aromatic carbocycles. The minimum absolute atomic E-state index is 0.0298. The molecule has 0 saturated carbocycles. The molecule has 1 heterocycles. The van der Waals surface area contributed by atoms with Crippen LogP contribution in [0.2, 0.25) is 0 Å². The highest BCUT2D eigenvalue weighted by molar-refractivity contribution is 7.80. The number of thiophene rings is 1. The van der Waals surface area contributed by atoms with Crippen molar-refractivity contribution in [1.29, 1.82) is 0 Å². The highest BCUT2D eigenvalue weighted by atomic mass is 32.1. The van der Waals surface area contributed by atoms with Crippen LogP contribution in [0.5, 0.6) is 0 Å². The third-order valence-corrected chi connectivity index (χ3v) is 3.90. The van der Waals surface area contributed by atoms with Crippen LogP contribution >= 0.6 is 23.6 Å². The SMILES string of the molecule is CCc1ccc(C(=O)NC(CC)CC(N)=S)s1. The summed E-state index contributed by atoms with van der Waals surface area (Å²) < 4.78 is 0. The molecule has 0 aliphatic carbocycles. The largest absolute Gasteiger partial charge is 0.393 e. The summed E-state index contributed by atoms with van der Waals surface area (Å²) in [5.41, 5.74) is 5.49. The van der Waals surface area contributed by atoms with E-state index in [1.807, 2.05) is 19.1 Å². The van der Waals surface area contributed by atoms with E-state index in [1.165, 1.54) is 16.2 Å². The van der Waals surface area contributed by atoms with Gasteiger partial charge in [0.15, 0.2) is 0 Å². The van der Waals surface area contributed by atoms with E-state index in [4.69, 9.17) is 18.0 Å². The van der Waals surface area contributed by atoms with Gasteiger partial charge in [-0.15, -0.1) is 11.3 Å². The molecule has 1 amide bonds. The lowest BCUT2D eigenvalue weighted by Gasteiger charge is -2.15. The number of thiocarbonyl (C=S) groups is 1. The molecular weight excluding hydrogens is 252 g/mol. The topological polar surface area (TPSA) is 55.1 Å². The minimum Gasteiger partial charge on any atom is -0.393 e. The molecule has 1 aromatic rings. The average molecular weight is 270 g/mol. The van der Waals surface area contributed by atoms with Crippen LogP contribution in [0.4, 0.5) is 0 Å². The Morgan fingerprint density at radius 2 is 2.24 bits per heavy atom. The summed E-state index contributed by atoms with van der Waals surface area (Å²) in [7, 11) is 0. The molecule has 0 bridgehead atoms. The van der Waals surface area contributed by atoms with Crippen molar-refractivity contribution in [2.24, 2.45) is 5.73 Å². The lowest BCUT2D eigenvalue weighted by Crippen LogP contribution is -2.36. The number of amides is 1. The summed E-state index contributed by atoms with van der Waals surface area (Å²) in [6.07, 6.45) is 2.35. The fourth-order valence-electron chi connectivity index (χ4n) is 1.49. The Balaban J connectivity index is 2.60. The molecule has 0 radical (unpaired) electrons. The summed E-state index contributed by atoms with van der Waals surface area (Å²) in [5, 5.41) is 2.96. The zero-order valence-corrected chi connectivity index (χ0v) is 11.8. The molecule has 3 nitrogen and oxygen atoms in total. The number of carbonyl (C=O) groups excluding carboxylic acids is 1. The van der Waals surface area contributed by atoms with Crippen molar-refractivity contribution in [1.82, 2.24) is 5.32 Å². The van der Waals surface area contributed by atoms with Gasteiger partial charge < -0.3 is 11.1 Å². The van der Waals surface area contributed by atoms with E-state index in [0.29, 0.717) is 11.4 Å². The summed E-state index contributed by atoms with van der Waals surface area (Å²) in [5.74, 6) is -0.0298. The van der Waals surface area contributed by atoms with Crippen LogP contribution in [0.1, 0.15) is 41.2 Å². The third kappa shape index (κ3) is 4.44. The van der Waals surface area contributed by atoms with Crippen LogP contribution in [-0.2, 0) is 6.42 Å². The van der Waals surface area contributed by atoms with Crippen molar-refractivity contribution in [2.45, 2.75) is 39.2 Å². The van der Waals surface area contributed by atoms with Crippen LogP contribution in [0.25, 0.3) is 0 Å². The Kier molecular flexibility index (Phi) is 5.58. The highest BCUT2D eigenvalue weighted by Crippen LogP contribution is 2.17. The number of rotatable bonds is 6. The van der Waals surface area contributed by atoms with E-state index in [9.17, 15) is 4.79 Å². The second kappa shape index (κ2) is 6.71. The predicted octanol–water partition coefficient (Wildman–Crippen LogP) is 2.50. The smallest absolute Gasteiger partial charge is 0.261 e. The van der Waals surface area contributed by atoms with Gasteiger partial charge in [-0.3, -0.25) is 4.79 Å². The first kappa shape index (κ1) is 14.1. The molecule has 1 unspecified atom stereocenters. The van der Waals surface area contributed by atoms with E-state index in [-0.39, 0.29) is 11.9 Å². The summed E-state index contributed by atoms with van der Waals surface area (Å²) >= 11 is 6.40. The first-order valence-electron chi connectivity index (χ1n) is 5.74. The van der Waals surface area contributed by atoms with E-state index in [0.717, 1.165) is 17.7 Å². The molecule has 1 atom stereocenters. The second-order valence-electron chi connectivity index (χ2n) is 3.87. The lowest BCUT2D eigenvalue weighted by atomic mass is 10.1. The number of hydrogen-bond donors (Lipinski definition) is 2. The number of nitrogens with one attached hydrogen (secondary N) is 1.